The third-order valence-electron chi connectivity index (χ3n) is 3.19. The predicted molar refractivity (Wildman–Crippen MR) is 68.1 cm³/mol. The van der Waals surface area contributed by atoms with Crippen molar-refractivity contribution in [3.8, 4) is 5.88 Å². The zero-order chi connectivity index (χ0) is 11.9. The van der Waals surface area contributed by atoms with Crippen LogP contribution in [0, 0.1) is 5.92 Å². The minimum atomic E-state index is 0.686. The number of nitrogens with zero attached hydrogens (tertiary/aromatic N) is 1. The van der Waals surface area contributed by atoms with E-state index in [1.54, 1.807) is 7.11 Å². The van der Waals surface area contributed by atoms with Gasteiger partial charge in [-0.15, -0.1) is 0 Å². The summed E-state index contributed by atoms with van der Waals surface area (Å²) in [4.78, 5) is 4.38. The number of hydrogen-bond donors (Lipinski definition) is 2. The van der Waals surface area contributed by atoms with Crippen LogP contribution in [0.5, 0.6) is 5.88 Å². The van der Waals surface area contributed by atoms with Crippen LogP contribution in [0.4, 0.5) is 0 Å². The van der Waals surface area contributed by atoms with Gasteiger partial charge in [-0.2, -0.15) is 0 Å². The van der Waals surface area contributed by atoms with E-state index < -0.39 is 0 Å². The lowest BCUT2D eigenvalue weighted by Crippen LogP contribution is -2.33. The fourth-order valence-electron chi connectivity index (χ4n) is 2.16. The second kappa shape index (κ2) is 6.57. The normalized spacial score (nSPS) is 17.0. The first kappa shape index (κ1) is 12.3. The molecule has 4 heteroatoms. The SMILES string of the molecule is COc1cccc(CNCC2CCNCC2)n1. The van der Waals surface area contributed by atoms with E-state index in [1.165, 1.54) is 12.8 Å². The number of methoxy groups -OCH3 is 1. The maximum Gasteiger partial charge on any atom is 0.213 e. The van der Waals surface area contributed by atoms with Crippen molar-refractivity contribution in [1.29, 1.82) is 0 Å². The van der Waals surface area contributed by atoms with Crippen molar-refractivity contribution in [2.24, 2.45) is 5.92 Å². The number of piperidine rings is 1. The van der Waals surface area contributed by atoms with Gasteiger partial charge in [-0.05, 0) is 44.5 Å². The molecule has 2 rings (SSSR count). The van der Waals surface area contributed by atoms with Crippen molar-refractivity contribution in [3.63, 3.8) is 0 Å². The highest BCUT2D eigenvalue weighted by Crippen LogP contribution is 2.10. The number of ether oxygens (including phenoxy) is 1. The zero-order valence-corrected chi connectivity index (χ0v) is 10.4. The van der Waals surface area contributed by atoms with Crippen molar-refractivity contribution in [1.82, 2.24) is 15.6 Å². The lowest BCUT2D eigenvalue weighted by atomic mass is 9.98. The van der Waals surface area contributed by atoms with E-state index in [1.807, 2.05) is 18.2 Å². The van der Waals surface area contributed by atoms with Crippen LogP contribution in [0.3, 0.4) is 0 Å². The van der Waals surface area contributed by atoms with Crippen LogP contribution in [-0.2, 0) is 6.54 Å². The third kappa shape index (κ3) is 3.98. The first-order chi connectivity index (χ1) is 8.38. The fourth-order valence-corrected chi connectivity index (χ4v) is 2.16. The second-order valence-corrected chi connectivity index (χ2v) is 4.50. The summed E-state index contributed by atoms with van der Waals surface area (Å²) in [5.74, 6) is 1.49. The van der Waals surface area contributed by atoms with Gasteiger partial charge in [-0.3, -0.25) is 0 Å². The third-order valence-corrected chi connectivity index (χ3v) is 3.19. The molecule has 0 unspecified atom stereocenters. The van der Waals surface area contributed by atoms with E-state index in [9.17, 15) is 0 Å². The van der Waals surface area contributed by atoms with Crippen LogP contribution in [0.1, 0.15) is 18.5 Å². The zero-order valence-electron chi connectivity index (χ0n) is 10.4. The molecule has 0 atom stereocenters. The van der Waals surface area contributed by atoms with Crippen LogP contribution < -0.4 is 15.4 Å². The van der Waals surface area contributed by atoms with Crippen molar-refractivity contribution < 1.29 is 4.74 Å². The summed E-state index contributed by atoms with van der Waals surface area (Å²) in [6.07, 6.45) is 2.55. The molecule has 1 aliphatic heterocycles. The minimum absolute atomic E-state index is 0.686. The van der Waals surface area contributed by atoms with Crippen molar-refractivity contribution >= 4 is 0 Å². The molecule has 0 aromatic carbocycles. The lowest BCUT2D eigenvalue weighted by molar-refractivity contribution is 0.355. The summed E-state index contributed by atoms with van der Waals surface area (Å²) < 4.78 is 5.10. The molecule has 0 amide bonds. The van der Waals surface area contributed by atoms with Crippen LogP contribution >= 0.6 is 0 Å². The van der Waals surface area contributed by atoms with Gasteiger partial charge in [-0.1, -0.05) is 6.07 Å². The summed E-state index contributed by atoms with van der Waals surface area (Å²) in [7, 11) is 1.65. The molecule has 1 aliphatic rings. The topological polar surface area (TPSA) is 46.2 Å². The molecule has 0 aliphatic carbocycles. The van der Waals surface area contributed by atoms with Gasteiger partial charge >= 0.3 is 0 Å². The van der Waals surface area contributed by atoms with Gasteiger partial charge in [0.2, 0.25) is 5.88 Å². The molecule has 1 fully saturated rings. The Morgan fingerprint density at radius 2 is 2.24 bits per heavy atom. The van der Waals surface area contributed by atoms with Crippen LogP contribution in [0.25, 0.3) is 0 Å². The lowest BCUT2D eigenvalue weighted by Gasteiger charge is -2.22. The minimum Gasteiger partial charge on any atom is -0.481 e. The molecule has 1 aromatic rings. The van der Waals surface area contributed by atoms with E-state index in [0.29, 0.717) is 5.88 Å². The molecule has 94 valence electrons. The molecular weight excluding hydrogens is 214 g/mol. The summed E-state index contributed by atoms with van der Waals surface area (Å²) in [5.41, 5.74) is 1.04. The second-order valence-electron chi connectivity index (χ2n) is 4.50. The number of aromatic nitrogens is 1. The first-order valence-corrected chi connectivity index (χ1v) is 6.30. The van der Waals surface area contributed by atoms with Gasteiger partial charge in [0.25, 0.3) is 0 Å². The molecule has 0 bridgehead atoms. The largest absolute Gasteiger partial charge is 0.481 e. The number of nitrogens with one attached hydrogen (secondary N) is 2. The maximum absolute atomic E-state index is 5.10. The van der Waals surface area contributed by atoms with E-state index in [-0.39, 0.29) is 0 Å². The Kier molecular flexibility index (Phi) is 4.76. The highest BCUT2D eigenvalue weighted by molar-refractivity contribution is 5.15. The molecular formula is C13H21N3O. The van der Waals surface area contributed by atoms with Crippen molar-refractivity contribution in [3.05, 3.63) is 23.9 Å². The molecule has 0 spiro atoms. The monoisotopic (exact) mass is 235 g/mol. The molecule has 2 N–H and O–H groups in total. The quantitative estimate of drug-likeness (QED) is 0.804. The summed E-state index contributed by atoms with van der Waals surface area (Å²) in [5, 5.41) is 6.86. The maximum atomic E-state index is 5.10. The Balaban J connectivity index is 1.73. The van der Waals surface area contributed by atoms with Gasteiger partial charge < -0.3 is 15.4 Å². The smallest absolute Gasteiger partial charge is 0.213 e. The number of rotatable bonds is 5. The molecule has 0 saturated carbocycles. The molecule has 17 heavy (non-hydrogen) atoms. The van der Waals surface area contributed by atoms with E-state index in [0.717, 1.165) is 37.8 Å². The first-order valence-electron chi connectivity index (χ1n) is 6.30. The highest BCUT2D eigenvalue weighted by atomic mass is 16.5. The van der Waals surface area contributed by atoms with Gasteiger partial charge in [0.15, 0.2) is 0 Å². The summed E-state index contributed by atoms with van der Waals surface area (Å²) >= 11 is 0. The van der Waals surface area contributed by atoms with Crippen LogP contribution in [0.2, 0.25) is 0 Å². The van der Waals surface area contributed by atoms with E-state index in [4.69, 9.17) is 4.74 Å². The molecule has 2 heterocycles. The molecule has 1 aromatic heterocycles. The Bertz CT molecular complexity index is 337. The molecule has 0 radical (unpaired) electrons. The Morgan fingerprint density at radius 3 is 3.00 bits per heavy atom. The predicted octanol–water partition coefficient (Wildman–Crippen LogP) is 1.18. The average Bonchev–Trinajstić information content (AvgIpc) is 2.40. The van der Waals surface area contributed by atoms with Crippen molar-refractivity contribution in [2.45, 2.75) is 19.4 Å². The van der Waals surface area contributed by atoms with Gasteiger partial charge in [0.1, 0.15) is 0 Å². The molecule has 1 saturated heterocycles. The average molecular weight is 235 g/mol. The number of hydrogen-bond acceptors (Lipinski definition) is 4. The molecule has 4 nitrogen and oxygen atoms in total. The van der Waals surface area contributed by atoms with Crippen LogP contribution in [-0.4, -0.2) is 31.7 Å². The summed E-state index contributed by atoms with van der Waals surface area (Å²) in [6, 6.07) is 5.88. The van der Waals surface area contributed by atoms with E-state index >= 15 is 0 Å². The highest BCUT2D eigenvalue weighted by Gasteiger charge is 2.12. The summed E-state index contributed by atoms with van der Waals surface area (Å²) in [6.45, 7) is 4.22. The Labute approximate surface area is 103 Å². The van der Waals surface area contributed by atoms with E-state index in [2.05, 4.69) is 15.6 Å². The van der Waals surface area contributed by atoms with Gasteiger partial charge in [0.05, 0.1) is 12.8 Å². The van der Waals surface area contributed by atoms with Gasteiger partial charge in [-0.25, -0.2) is 4.98 Å². The van der Waals surface area contributed by atoms with Gasteiger partial charge in [0, 0.05) is 12.6 Å². The Morgan fingerprint density at radius 1 is 1.41 bits per heavy atom. The number of pyridine rings is 1. The van der Waals surface area contributed by atoms with Crippen molar-refractivity contribution in [2.75, 3.05) is 26.7 Å². The van der Waals surface area contributed by atoms with Crippen LogP contribution in [0.15, 0.2) is 18.2 Å². The Hall–Kier alpha value is -1.13. The fraction of sp³-hybridized carbons (Fsp3) is 0.615. The standard InChI is InChI=1S/C13H21N3O/c1-17-13-4-2-3-12(16-13)10-15-9-11-5-7-14-8-6-11/h2-4,11,14-15H,5-10H2,1H3.